The number of amides is 2. The molecule has 40 heavy (non-hydrogen) atoms. The number of hydrogen-bond acceptors (Lipinski definition) is 5. The van der Waals surface area contributed by atoms with E-state index in [2.05, 4.69) is 5.16 Å². The van der Waals surface area contributed by atoms with E-state index >= 15 is 0 Å². The summed E-state index contributed by atoms with van der Waals surface area (Å²) in [6.45, 7) is 1.20. The van der Waals surface area contributed by atoms with E-state index in [0.717, 1.165) is 16.7 Å². The summed E-state index contributed by atoms with van der Waals surface area (Å²) >= 11 is 6.23. The van der Waals surface area contributed by atoms with E-state index in [0.29, 0.717) is 49.6 Å². The van der Waals surface area contributed by atoms with Crippen molar-refractivity contribution in [2.45, 2.75) is 38.0 Å². The minimum absolute atomic E-state index is 0.0191. The molecule has 1 N–H and O–H groups in total. The number of rotatable bonds is 6. The van der Waals surface area contributed by atoms with Gasteiger partial charge in [0.05, 0.1) is 17.6 Å². The topological polar surface area (TPSA) is 86.9 Å². The zero-order chi connectivity index (χ0) is 27.7. The largest absolute Gasteiger partial charge is 0.386 e. The predicted molar refractivity (Wildman–Crippen MR) is 151 cm³/mol. The van der Waals surface area contributed by atoms with Gasteiger partial charge >= 0.3 is 0 Å². The average molecular weight is 556 g/mol. The Kier molecular flexibility index (Phi) is 7.17. The minimum atomic E-state index is -0.825. The monoisotopic (exact) mass is 555 g/mol. The molecule has 2 aliphatic rings. The number of nitrogens with zero attached hydrogens (tertiary/aromatic N) is 3. The van der Waals surface area contributed by atoms with Crippen molar-refractivity contribution in [3.8, 4) is 11.3 Å². The van der Waals surface area contributed by atoms with E-state index in [1.165, 1.54) is 0 Å². The third-order valence-corrected chi connectivity index (χ3v) is 8.50. The van der Waals surface area contributed by atoms with Crippen LogP contribution in [0.1, 0.15) is 47.0 Å². The van der Waals surface area contributed by atoms with Gasteiger partial charge in [-0.05, 0) is 42.5 Å². The summed E-state index contributed by atoms with van der Waals surface area (Å²) in [5.41, 5.74) is 2.53. The Balaban J connectivity index is 1.20. The Hall–Kier alpha value is -3.94. The molecule has 0 bridgehead atoms. The summed E-state index contributed by atoms with van der Waals surface area (Å²) in [7, 11) is 0. The molecule has 7 nitrogen and oxygen atoms in total. The molecule has 3 aromatic carbocycles. The number of halogens is 1. The van der Waals surface area contributed by atoms with Gasteiger partial charge in [-0.3, -0.25) is 9.59 Å². The van der Waals surface area contributed by atoms with Gasteiger partial charge in [0.2, 0.25) is 11.7 Å². The van der Waals surface area contributed by atoms with Gasteiger partial charge in [0.15, 0.2) is 0 Å². The van der Waals surface area contributed by atoms with Gasteiger partial charge < -0.3 is 19.4 Å². The van der Waals surface area contributed by atoms with Crippen LogP contribution in [0.5, 0.6) is 0 Å². The number of carbonyl (C=O) groups is 2. The fraction of sp³-hybridized carbons (Fsp3) is 0.281. The van der Waals surface area contributed by atoms with Gasteiger partial charge in [-0.2, -0.15) is 0 Å². The summed E-state index contributed by atoms with van der Waals surface area (Å²) < 4.78 is 5.40. The molecular weight excluding hydrogens is 526 g/mol. The second kappa shape index (κ2) is 10.9. The fourth-order valence-corrected chi connectivity index (χ4v) is 6.27. The van der Waals surface area contributed by atoms with Gasteiger partial charge in [-0.25, -0.2) is 0 Å². The molecule has 2 saturated heterocycles. The highest BCUT2D eigenvalue weighted by atomic mass is 35.5. The highest BCUT2D eigenvalue weighted by Gasteiger charge is 2.54. The van der Waals surface area contributed by atoms with Crippen LogP contribution in [0.2, 0.25) is 5.02 Å². The van der Waals surface area contributed by atoms with Crippen LogP contribution in [0, 0.1) is 5.41 Å². The molecule has 0 unspecified atom stereocenters. The van der Waals surface area contributed by atoms with Crippen LogP contribution < -0.4 is 0 Å². The summed E-state index contributed by atoms with van der Waals surface area (Å²) in [6.07, 6.45) is 0.724. The Bertz CT molecular complexity index is 1500. The Morgan fingerprint density at radius 2 is 1.70 bits per heavy atom. The lowest BCUT2D eigenvalue weighted by Gasteiger charge is -2.37. The molecular formula is C32H30ClN3O4. The molecule has 1 spiro atoms. The van der Waals surface area contributed by atoms with Crippen LogP contribution >= 0.6 is 11.6 Å². The standard InChI is InChI=1S/C32H30ClN3O4/c33-25-13-7-8-22(18-25)21-36-27(29(37)24-11-5-2-6-12-24)20-32(31(36)39)14-16-35(17-15-32)30(38)28-19-26(34-40-28)23-9-3-1-4-10-23/h1-13,18-19,27,29,37H,14-17,20-21H2/t27-,29+/m0/s1. The van der Waals surface area contributed by atoms with E-state index in [1.807, 2.05) is 83.8 Å². The van der Waals surface area contributed by atoms with Crippen molar-refractivity contribution < 1.29 is 19.2 Å². The van der Waals surface area contributed by atoms with Crippen molar-refractivity contribution in [3.63, 3.8) is 0 Å². The highest BCUT2D eigenvalue weighted by molar-refractivity contribution is 6.30. The Labute approximate surface area is 238 Å². The third-order valence-electron chi connectivity index (χ3n) is 8.26. The zero-order valence-electron chi connectivity index (χ0n) is 21.9. The lowest BCUT2D eigenvalue weighted by atomic mass is 9.75. The number of aliphatic hydroxyl groups is 1. The third kappa shape index (κ3) is 5.03. The zero-order valence-corrected chi connectivity index (χ0v) is 22.7. The lowest BCUT2D eigenvalue weighted by molar-refractivity contribution is -0.140. The van der Waals surface area contributed by atoms with E-state index in [-0.39, 0.29) is 23.6 Å². The van der Waals surface area contributed by atoms with Gasteiger partial charge in [0, 0.05) is 36.3 Å². The second-order valence-electron chi connectivity index (χ2n) is 10.7. The normalized spacial score (nSPS) is 19.2. The van der Waals surface area contributed by atoms with Gasteiger partial charge in [0.25, 0.3) is 5.91 Å². The SMILES string of the molecule is O=C(c1cc(-c2ccccc2)no1)N1CCC2(CC1)C[C@@H]([C@H](O)c1ccccc1)N(Cc1cccc(Cl)c1)C2=O. The van der Waals surface area contributed by atoms with E-state index in [9.17, 15) is 14.7 Å². The molecule has 0 radical (unpaired) electrons. The number of likely N-dealkylation sites (tertiary alicyclic amines) is 2. The number of aliphatic hydroxyl groups excluding tert-OH is 1. The Morgan fingerprint density at radius 3 is 2.40 bits per heavy atom. The number of hydrogen-bond donors (Lipinski definition) is 1. The van der Waals surface area contributed by atoms with Crippen molar-refractivity contribution in [1.82, 2.24) is 15.0 Å². The maximum atomic E-state index is 14.1. The molecule has 2 fully saturated rings. The lowest BCUT2D eigenvalue weighted by Crippen LogP contribution is -2.46. The van der Waals surface area contributed by atoms with Crippen molar-refractivity contribution in [2.75, 3.05) is 13.1 Å². The smallest absolute Gasteiger partial charge is 0.292 e. The van der Waals surface area contributed by atoms with Gasteiger partial charge in [0.1, 0.15) is 5.69 Å². The van der Waals surface area contributed by atoms with E-state index in [4.69, 9.17) is 16.1 Å². The van der Waals surface area contributed by atoms with Gasteiger partial charge in [-0.1, -0.05) is 89.6 Å². The summed E-state index contributed by atoms with van der Waals surface area (Å²) in [5.74, 6) is -0.0234. The Morgan fingerprint density at radius 1 is 1.00 bits per heavy atom. The fourth-order valence-electron chi connectivity index (χ4n) is 6.06. The number of piperidine rings is 1. The summed E-state index contributed by atoms with van der Waals surface area (Å²) in [4.78, 5) is 30.9. The van der Waals surface area contributed by atoms with Crippen molar-refractivity contribution in [1.29, 1.82) is 0 Å². The first-order valence-corrected chi connectivity index (χ1v) is 13.9. The van der Waals surface area contributed by atoms with Crippen LogP contribution in [0.25, 0.3) is 11.3 Å². The molecule has 4 aromatic rings. The maximum Gasteiger partial charge on any atom is 0.292 e. The molecule has 1 aromatic heterocycles. The minimum Gasteiger partial charge on any atom is -0.386 e. The first-order valence-electron chi connectivity index (χ1n) is 13.5. The number of carbonyl (C=O) groups excluding carboxylic acids is 2. The molecule has 2 atom stereocenters. The number of benzene rings is 3. The number of aromatic nitrogens is 1. The summed E-state index contributed by atoms with van der Waals surface area (Å²) in [6, 6.07) is 27.8. The van der Waals surface area contributed by atoms with Crippen molar-refractivity contribution >= 4 is 23.4 Å². The first kappa shape index (κ1) is 26.3. The van der Waals surface area contributed by atoms with Crippen LogP contribution in [0.3, 0.4) is 0 Å². The molecule has 8 heteroatoms. The highest BCUT2D eigenvalue weighted by Crippen LogP contribution is 2.48. The van der Waals surface area contributed by atoms with Crippen LogP contribution in [0.4, 0.5) is 0 Å². The molecule has 0 aliphatic carbocycles. The van der Waals surface area contributed by atoms with E-state index < -0.39 is 11.5 Å². The van der Waals surface area contributed by atoms with Crippen LogP contribution in [0.15, 0.2) is 95.5 Å². The predicted octanol–water partition coefficient (Wildman–Crippen LogP) is 5.75. The molecule has 3 heterocycles. The van der Waals surface area contributed by atoms with E-state index in [1.54, 1.807) is 17.0 Å². The molecule has 0 saturated carbocycles. The molecule has 2 aliphatic heterocycles. The average Bonchev–Trinajstić information content (AvgIpc) is 3.58. The van der Waals surface area contributed by atoms with Crippen molar-refractivity contribution in [3.05, 3.63) is 113 Å². The summed E-state index contributed by atoms with van der Waals surface area (Å²) in [5, 5.41) is 16.1. The quantitative estimate of drug-likeness (QED) is 0.327. The molecule has 6 rings (SSSR count). The molecule has 2 amide bonds. The first-order chi connectivity index (χ1) is 19.4. The molecule has 204 valence electrons. The van der Waals surface area contributed by atoms with Crippen molar-refractivity contribution in [2.24, 2.45) is 5.41 Å². The maximum absolute atomic E-state index is 14.1. The van der Waals surface area contributed by atoms with Gasteiger partial charge in [-0.15, -0.1) is 0 Å². The van der Waals surface area contributed by atoms with Crippen LogP contribution in [-0.4, -0.2) is 51.0 Å². The van der Waals surface area contributed by atoms with Crippen LogP contribution in [-0.2, 0) is 11.3 Å². The second-order valence-corrected chi connectivity index (χ2v) is 11.1.